The van der Waals surface area contributed by atoms with Crippen LogP contribution in [0.2, 0.25) is 0 Å². The maximum absolute atomic E-state index is 12.1. The highest BCUT2D eigenvalue weighted by molar-refractivity contribution is 5.91. The van der Waals surface area contributed by atoms with E-state index in [1.807, 2.05) is 43.3 Å². The molecule has 2 rings (SSSR count). The summed E-state index contributed by atoms with van der Waals surface area (Å²) in [4.78, 5) is 27.6. The summed E-state index contributed by atoms with van der Waals surface area (Å²) in [7, 11) is 5.62. The Kier molecular flexibility index (Phi) is 6.00. The summed E-state index contributed by atoms with van der Waals surface area (Å²) < 4.78 is 5.06. The highest BCUT2D eigenvalue weighted by Gasteiger charge is 2.14. The lowest BCUT2D eigenvalue weighted by Gasteiger charge is -2.18. The van der Waals surface area contributed by atoms with Crippen LogP contribution in [0.25, 0.3) is 0 Å². The second-order valence-corrected chi connectivity index (χ2v) is 6.01. The first-order valence-corrected chi connectivity index (χ1v) is 7.89. The number of amides is 1. The molecule has 2 aromatic rings. The molecule has 0 bridgehead atoms. The number of anilines is 2. The van der Waals surface area contributed by atoms with Crippen LogP contribution in [-0.4, -0.2) is 44.5 Å². The van der Waals surface area contributed by atoms with Gasteiger partial charge < -0.3 is 20.3 Å². The van der Waals surface area contributed by atoms with Crippen molar-refractivity contribution in [2.24, 2.45) is 0 Å². The van der Waals surface area contributed by atoms with Gasteiger partial charge in [-0.15, -0.1) is 0 Å². The molecule has 6 nitrogen and oxygen atoms in total. The van der Waals surface area contributed by atoms with Crippen molar-refractivity contribution < 1.29 is 14.3 Å². The van der Waals surface area contributed by atoms with E-state index < -0.39 is 5.97 Å². The molecule has 1 amide bonds. The molecular formula is C19H23N3O3. The molecule has 0 saturated heterocycles. The van der Waals surface area contributed by atoms with E-state index in [0.717, 1.165) is 11.3 Å². The number of likely N-dealkylation sites (N-methyl/N-ethyl adjacent to an activating group) is 1. The number of hydrogen-bond acceptors (Lipinski definition) is 5. The first-order valence-electron chi connectivity index (χ1n) is 7.89. The molecule has 2 N–H and O–H groups in total. The zero-order valence-corrected chi connectivity index (χ0v) is 14.7. The molecule has 0 atom stereocenters. The fourth-order valence-corrected chi connectivity index (χ4v) is 2.20. The molecule has 0 aliphatic heterocycles. The standard InChI is InChI=1S/C19H23N3O3/c1-21(2)17-10-4-14(5-11-17)12-22(3)18(23)13-25-19(24)15-6-8-16(20)9-7-15/h4-11H,12-13,20H2,1-3H3. The van der Waals surface area contributed by atoms with E-state index in [1.54, 1.807) is 31.3 Å². The van der Waals surface area contributed by atoms with Crippen molar-refractivity contribution >= 4 is 23.3 Å². The molecule has 0 fully saturated rings. The molecule has 6 heteroatoms. The molecule has 0 saturated carbocycles. The van der Waals surface area contributed by atoms with Gasteiger partial charge >= 0.3 is 5.97 Å². The SMILES string of the molecule is CN(Cc1ccc(N(C)C)cc1)C(=O)COC(=O)c1ccc(N)cc1. The molecule has 0 aliphatic rings. The summed E-state index contributed by atoms with van der Waals surface area (Å²) in [6, 6.07) is 14.3. The smallest absolute Gasteiger partial charge is 0.338 e. The van der Waals surface area contributed by atoms with Gasteiger partial charge in [0.25, 0.3) is 5.91 Å². The lowest BCUT2D eigenvalue weighted by molar-refractivity contribution is -0.133. The topological polar surface area (TPSA) is 75.9 Å². The Bertz CT molecular complexity index is 725. The Hall–Kier alpha value is -3.02. The predicted molar refractivity (Wildman–Crippen MR) is 98.4 cm³/mol. The first-order chi connectivity index (χ1) is 11.9. The Labute approximate surface area is 147 Å². The van der Waals surface area contributed by atoms with Crippen molar-refractivity contribution in [1.29, 1.82) is 0 Å². The van der Waals surface area contributed by atoms with Gasteiger partial charge in [-0.1, -0.05) is 12.1 Å². The lowest BCUT2D eigenvalue weighted by Crippen LogP contribution is -2.30. The minimum absolute atomic E-state index is 0.263. The number of benzene rings is 2. The molecular weight excluding hydrogens is 318 g/mol. The Balaban J connectivity index is 1.85. The second-order valence-electron chi connectivity index (χ2n) is 6.01. The largest absolute Gasteiger partial charge is 0.452 e. The highest BCUT2D eigenvalue weighted by Crippen LogP contribution is 2.13. The van der Waals surface area contributed by atoms with Gasteiger partial charge in [0.1, 0.15) is 0 Å². The monoisotopic (exact) mass is 341 g/mol. The average molecular weight is 341 g/mol. The normalized spacial score (nSPS) is 10.2. The summed E-state index contributed by atoms with van der Waals surface area (Å²) in [5.41, 5.74) is 8.60. The van der Waals surface area contributed by atoms with Crippen molar-refractivity contribution in [1.82, 2.24) is 4.90 Å². The van der Waals surface area contributed by atoms with Crippen LogP contribution >= 0.6 is 0 Å². The van der Waals surface area contributed by atoms with E-state index in [4.69, 9.17) is 10.5 Å². The van der Waals surface area contributed by atoms with Crippen molar-refractivity contribution in [2.45, 2.75) is 6.54 Å². The predicted octanol–water partition coefficient (Wildman–Crippen LogP) is 2.15. The van der Waals surface area contributed by atoms with Gasteiger partial charge in [-0.3, -0.25) is 4.79 Å². The zero-order valence-electron chi connectivity index (χ0n) is 14.7. The number of carbonyl (C=O) groups is 2. The fraction of sp³-hybridized carbons (Fsp3) is 0.263. The molecule has 0 aliphatic carbocycles. The van der Waals surface area contributed by atoms with Gasteiger partial charge in [-0.2, -0.15) is 0 Å². The third kappa shape index (κ3) is 5.24. The van der Waals surface area contributed by atoms with Crippen molar-refractivity contribution in [3.8, 4) is 0 Å². The van der Waals surface area contributed by atoms with E-state index in [1.165, 1.54) is 4.90 Å². The summed E-state index contributed by atoms with van der Waals surface area (Å²) >= 11 is 0. The van der Waals surface area contributed by atoms with Gasteiger partial charge in [0.2, 0.25) is 0 Å². The van der Waals surface area contributed by atoms with E-state index in [0.29, 0.717) is 17.8 Å². The Morgan fingerprint density at radius 2 is 1.56 bits per heavy atom. The summed E-state index contributed by atoms with van der Waals surface area (Å²) in [5.74, 6) is -0.808. The second kappa shape index (κ2) is 8.19. The molecule has 0 unspecified atom stereocenters. The summed E-state index contributed by atoms with van der Waals surface area (Å²) in [5, 5.41) is 0. The Morgan fingerprint density at radius 3 is 2.12 bits per heavy atom. The first kappa shape index (κ1) is 18.3. The number of carbonyl (C=O) groups excluding carboxylic acids is 2. The molecule has 0 heterocycles. The van der Waals surface area contributed by atoms with Crippen LogP contribution in [0.3, 0.4) is 0 Å². The molecule has 2 aromatic carbocycles. The van der Waals surface area contributed by atoms with Crippen LogP contribution in [0.4, 0.5) is 11.4 Å². The van der Waals surface area contributed by atoms with Crippen molar-refractivity contribution in [3.05, 3.63) is 59.7 Å². The van der Waals surface area contributed by atoms with Crippen LogP contribution in [0.5, 0.6) is 0 Å². The molecule has 132 valence electrons. The third-order valence-corrected chi connectivity index (χ3v) is 3.77. The van der Waals surface area contributed by atoms with Crippen LogP contribution < -0.4 is 10.6 Å². The number of nitrogen functional groups attached to an aromatic ring is 1. The molecule has 0 radical (unpaired) electrons. The number of nitrogens with two attached hydrogens (primary N) is 1. The van der Waals surface area contributed by atoms with Crippen LogP contribution in [0.1, 0.15) is 15.9 Å². The number of ether oxygens (including phenoxy) is 1. The minimum Gasteiger partial charge on any atom is -0.452 e. The van der Waals surface area contributed by atoms with Crippen LogP contribution in [0, 0.1) is 0 Å². The Morgan fingerprint density at radius 1 is 0.960 bits per heavy atom. The van der Waals surface area contributed by atoms with E-state index in [2.05, 4.69) is 0 Å². The summed E-state index contributed by atoms with van der Waals surface area (Å²) in [6.07, 6.45) is 0. The van der Waals surface area contributed by atoms with E-state index in [9.17, 15) is 9.59 Å². The van der Waals surface area contributed by atoms with E-state index in [-0.39, 0.29) is 12.5 Å². The van der Waals surface area contributed by atoms with Crippen molar-refractivity contribution in [2.75, 3.05) is 38.4 Å². The van der Waals surface area contributed by atoms with Crippen LogP contribution in [-0.2, 0) is 16.1 Å². The van der Waals surface area contributed by atoms with Gasteiger partial charge in [-0.25, -0.2) is 4.79 Å². The third-order valence-electron chi connectivity index (χ3n) is 3.77. The van der Waals surface area contributed by atoms with Crippen molar-refractivity contribution in [3.63, 3.8) is 0 Å². The molecule has 0 aromatic heterocycles. The maximum Gasteiger partial charge on any atom is 0.338 e. The van der Waals surface area contributed by atoms with Crippen LogP contribution in [0.15, 0.2) is 48.5 Å². The highest BCUT2D eigenvalue weighted by atomic mass is 16.5. The molecule has 0 spiro atoms. The lowest BCUT2D eigenvalue weighted by atomic mass is 10.2. The zero-order chi connectivity index (χ0) is 18.4. The van der Waals surface area contributed by atoms with Gasteiger partial charge in [0.05, 0.1) is 5.56 Å². The fourth-order valence-electron chi connectivity index (χ4n) is 2.20. The number of hydrogen-bond donors (Lipinski definition) is 1. The van der Waals surface area contributed by atoms with Gasteiger partial charge in [0, 0.05) is 39.1 Å². The number of rotatable bonds is 6. The quantitative estimate of drug-likeness (QED) is 0.644. The molecule has 25 heavy (non-hydrogen) atoms. The number of nitrogens with zero attached hydrogens (tertiary/aromatic N) is 2. The maximum atomic E-state index is 12.1. The van der Waals surface area contributed by atoms with Gasteiger partial charge in [0.15, 0.2) is 6.61 Å². The van der Waals surface area contributed by atoms with E-state index >= 15 is 0 Å². The average Bonchev–Trinajstić information content (AvgIpc) is 2.60. The van der Waals surface area contributed by atoms with Gasteiger partial charge in [-0.05, 0) is 42.0 Å². The number of esters is 1. The minimum atomic E-state index is -0.544. The summed E-state index contributed by atoms with van der Waals surface area (Å²) in [6.45, 7) is 0.154.